The first-order chi connectivity index (χ1) is 6.97. The van der Waals surface area contributed by atoms with Gasteiger partial charge in [-0.1, -0.05) is 24.3 Å². The fourth-order valence-corrected chi connectivity index (χ4v) is 1.27. The summed E-state index contributed by atoms with van der Waals surface area (Å²) in [5, 5.41) is 0. The molecule has 0 fully saturated rings. The van der Waals surface area contributed by atoms with Gasteiger partial charge < -0.3 is 0 Å². The van der Waals surface area contributed by atoms with Gasteiger partial charge >= 0.3 is 52.3 Å². The molecule has 0 saturated carbocycles. The first kappa shape index (κ1) is 8.94. The molecule has 1 N–H and O–H groups in total. The molecule has 0 amide bonds. The molecule has 2 aromatic rings. The molecular weight excluding hydrogens is 171 g/mol. The summed E-state index contributed by atoms with van der Waals surface area (Å²) in [6.07, 6.45) is 9.50. The normalized spacial score (nSPS) is 12.6. The summed E-state index contributed by atoms with van der Waals surface area (Å²) >= 11 is 0. The van der Waals surface area contributed by atoms with Gasteiger partial charge in [0.05, 0.1) is 0 Å². The summed E-state index contributed by atoms with van der Waals surface area (Å²) in [6, 6.07) is 7.94. The zero-order chi connectivity index (χ0) is 9.64. The number of rotatable bonds is 0. The third kappa shape index (κ3) is 2.19. The van der Waals surface area contributed by atoms with Crippen molar-refractivity contribution in [2.75, 3.05) is 0 Å². The van der Waals surface area contributed by atoms with Crippen LogP contribution in [0.2, 0.25) is 0 Å². The van der Waals surface area contributed by atoms with Crippen LogP contribution in [0.15, 0.2) is 48.6 Å². The minimum absolute atomic E-state index is 1.03. The molecular formula is C11H11BN2. The number of fused-ring (bicyclic) bond motifs is 1. The van der Waals surface area contributed by atoms with Crippen LogP contribution in [-0.2, 0) is 0 Å². The Morgan fingerprint density at radius 1 is 1.14 bits per heavy atom. The molecule has 68 valence electrons. The van der Waals surface area contributed by atoms with E-state index in [1.807, 2.05) is 24.3 Å². The minimum atomic E-state index is 1.03. The fourth-order valence-electron chi connectivity index (χ4n) is 1.27. The maximum absolute atomic E-state index is 4.06. The predicted octanol–water partition coefficient (Wildman–Crippen LogP) is 2.40. The number of nitrogens with one attached hydrogen (secondary N) is 1. The molecule has 0 unspecified atom stereocenters. The molecule has 1 heterocycles. The second-order valence-electron chi connectivity index (χ2n) is 3.01. The van der Waals surface area contributed by atoms with E-state index in [0.717, 1.165) is 17.5 Å². The Bertz CT molecular complexity index is 417. The van der Waals surface area contributed by atoms with Crippen LogP contribution in [0, 0.1) is 0 Å². The van der Waals surface area contributed by atoms with Gasteiger partial charge in [0, 0.05) is 0 Å². The molecule has 1 aliphatic rings. The van der Waals surface area contributed by atoms with Crippen LogP contribution in [0.4, 0.5) is 0 Å². The Labute approximate surface area is 83.6 Å². The van der Waals surface area contributed by atoms with Gasteiger partial charge in [-0.25, -0.2) is 0 Å². The molecule has 1 aromatic heterocycles. The quantitative estimate of drug-likeness (QED) is 0.665. The predicted molar refractivity (Wildman–Crippen MR) is 60.3 cm³/mol. The second kappa shape index (κ2) is 4.56. The van der Waals surface area contributed by atoms with Crippen molar-refractivity contribution in [1.29, 1.82) is 0 Å². The summed E-state index contributed by atoms with van der Waals surface area (Å²) in [5.41, 5.74) is 2.12. The van der Waals surface area contributed by atoms with Gasteiger partial charge in [-0.15, -0.1) is 0 Å². The topological polar surface area (TPSA) is 28.7 Å². The standard InChI is InChI=1S/C6H5BN2.C5H6/c1-2-4-6-5(3-1)8-7-9-6;1-2-4-5-3-1/h1-4,8H;1-4H,5H2. The third-order valence-corrected chi connectivity index (χ3v) is 1.98. The number of aromatic nitrogens is 2. The summed E-state index contributed by atoms with van der Waals surface area (Å²) in [7, 11) is 1.70. The number of para-hydroxylation sites is 1. The van der Waals surface area contributed by atoms with Gasteiger partial charge in [0.1, 0.15) is 0 Å². The number of allylic oxidation sites excluding steroid dienone is 4. The average Bonchev–Trinajstić information content (AvgIpc) is 2.92. The zero-order valence-electron chi connectivity index (χ0n) is 7.85. The van der Waals surface area contributed by atoms with E-state index in [1.54, 1.807) is 7.19 Å². The zero-order valence-corrected chi connectivity index (χ0v) is 7.85. The monoisotopic (exact) mass is 182 g/mol. The molecule has 1 aliphatic carbocycles. The molecule has 0 atom stereocenters. The van der Waals surface area contributed by atoms with Gasteiger partial charge in [0.15, 0.2) is 0 Å². The molecule has 0 radical (unpaired) electrons. The average molecular weight is 182 g/mol. The number of hydrogen-bond donors (Lipinski definition) is 1. The Balaban J connectivity index is 0.000000128. The van der Waals surface area contributed by atoms with Crippen molar-refractivity contribution in [3.8, 4) is 0 Å². The van der Waals surface area contributed by atoms with Crippen LogP contribution in [-0.4, -0.2) is 17.0 Å². The van der Waals surface area contributed by atoms with E-state index in [2.05, 4.69) is 34.1 Å². The van der Waals surface area contributed by atoms with Crippen molar-refractivity contribution in [2.24, 2.45) is 0 Å². The van der Waals surface area contributed by atoms with Gasteiger partial charge in [0.25, 0.3) is 0 Å². The van der Waals surface area contributed by atoms with Crippen molar-refractivity contribution >= 4 is 18.2 Å². The Hall–Kier alpha value is -1.64. The van der Waals surface area contributed by atoms with Gasteiger partial charge in [-0.3, -0.25) is 0 Å². The number of benzene rings is 1. The molecule has 14 heavy (non-hydrogen) atoms. The van der Waals surface area contributed by atoms with Crippen LogP contribution >= 0.6 is 0 Å². The molecule has 3 heteroatoms. The van der Waals surface area contributed by atoms with E-state index < -0.39 is 0 Å². The first-order valence-electron chi connectivity index (χ1n) is 4.66. The molecule has 0 aliphatic heterocycles. The van der Waals surface area contributed by atoms with Crippen molar-refractivity contribution in [3.05, 3.63) is 48.6 Å². The SMILES string of the molecule is C1=CCC=C1.b1nc2ccccc2[nH]1. The molecule has 0 bridgehead atoms. The van der Waals surface area contributed by atoms with E-state index in [9.17, 15) is 0 Å². The summed E-state index contributed by atoms with van der Waals surface area (Å²) in [5.74, 6) is 0. The van der Waals surface area contributed by atoms with Crippen LogP contribution in [0.5, 0.6) is 0 Å². The van der Waals surface area contributed by atoms with Gasteiger partial charge in [-0.05, 0) is 6.42 Å². The fraction of sp³-hybridized carbons (Fsp3) is 0.0909. The number of nitrogens with zero attached hydrogens (tertiary/aromatic N) is 1. The Kier molecular flexibility index (Phi) is 2.91. The summed E-state index contributed by atoms with van der Waals surface area (Å²) < 4.78 is 0. The number of aromatic amines is 1. The van der Waals surface area contributed by atoms with Crippen molar-refractivity contribution < 1.29 is 0 Å². The number of hydrogen-bond acceptors (Lipinski definition) is 1. The summed E-state index contributed by atoms with van der Waals surface area (Å²) in [6.45, 7) is 0. The Morgan fingerprint density at radius 3 is 2.57 bits per heavy atom. The van der Waals surface area contributed by atoms with Crippen LogP contribution in [0.3, 0.4) is 0 Å². The van der Waals surface area contributed by atoms with Gasteiger partial charge in [0.2, 0.25) is 0 Å². The van der Waals surface area contributed by atoms with Crippen molar-refractivity contribution in [3.63, 3.8) is 0 Å². The van der Waals surface area contributed by atoms with E-state index in [-0.39, 0.29) is 0 Å². The molecule has 3 rings (SSSR count). The van der Waals surface area contributed by atoms with Crippen LogP contribution < -0.4 is 0 Å². The molecule has 0 saturated heterocycles. The number of H-pyrrole nitrogens is 1. The molecule has 2 nitrogen and oxygen atoms in total. The first-order valence-corrected chi connectivity index (χ1v) is 4.66. The second-order valence-corrected chi connectivity index (χ2v) is 3.01. The van der Waals surface area contributed by atoms with Crippen LogP contribution in [0.25, 0.3) is 11.0 Å². The van der Waals surface area contributed by atoms with Gasteiger partial charge in [-0.2, -0.15) is 0 Å². The Morgan fingerprint density at radius 2 is 1.93 bits per heavy atom. The third-order valence-electron chi connectivity index (χ3n) is 1.98. The van der Waals surface area contributed by atoms with E-state index in [1.165, 1.54) is 0 Å². The van der Waals surface area contributed by atoms with Crippen molar-refractivity contribution in [1.82, 2.24) is 9.78 Å². The van der Waals surface area contributed by atoms with Crippen LogP contribution in [0.1, 0.15) is 6.42 Å². The van der Waals surface area contributed by atoms with E-state index >= 15 is 0 Å². The molecule has 0 spiro atoms. The maximum atomic E-state index is 4.06. The van der Waals surface area contributed by atoms with E-state index in [4.69, 9.17) is 0 Å². The van der Waals surface area contributed by atoms with E-state index in [0.29, 0.717) is 0 Å². The molecule has 1 aromatic carbocycles. The van der Waals surface area contributed by atoms with Crippen molar-refractivity contribution in [2.45, 2.75) is 6.42 Å². The summed E-state index contributed by atoms with van der Waals surface area (Å²) in [4.78, 5) is 7.07.